The first-order chi connectivity index (χ1) is 12.8. The second-order valence-electron chi connectivity index (χ2n) is 5.28. The van der Waals surface area contributed by atoms with Crippen LogP contribution in [0.2, 0.25) is 0 Å². The van der Waals surface area contributed by atoms with E-state index >= 15 is 0 Å². The van der Waals surface area contributed by atoms with Crippen LogP contribution in [0.15, 0.2) is 116 Å². The molecule has 26 heavy (non-hydrogen) atoms. The van der Waals surface area contributed by atoms with E-state index in [9.17, 15) is 0 Å². The Morgan fingerprint density at radius 1 is 0.731 bits per heavy atom. The van der Waals surface area contributed by atoms with E-state index in [0.29, 0.717) is 0 Å². The molecule has 0 bridgehead atoms. The predicted molar refractivity (Wildman–Crippen MR) is 120 cm³/mol. The molecule has 0 heterocycles. The Hall–Kier alpha value is -1.88. The van der Waals surface area contributed by atoms with E-state index in [0.717, 1.165) is 15.6 Å². The van der Waals surface area contributed by atoms with Gasteiger partial charge < -0.3 is 0 Å². The summed E-state index contributed by atoms with van der Waals surface area (Å²) in [5.74, 6) is 0. The number of benzene rings is 3. The molecule has 0 aliphatic rings. The summed E-state index contributed by atoms with van der Waals surface area (Å²) in [7, 11) is 0. The molecule has 0 aliphatic carbocycles. The minimum absolute atomic E-state index is 0.968. The highest BCUT2D eigenvalue weighted by Gasteiger charge is 2.10. The molecule has 3 aromatic carbocycles. The van der Waals surface area contributed by atoms with Crippen LogP contribution in [0.5, 0.6) is 0 Å². The van der Waals surface area contributed by atoms with Gasteiger partial charge in [-0.2, -0.15) is 0 Å². The molecule has 1 nitrogen and oxygen atoms in total. The first-order valence-electron chi connectivity index (χ1n) is 8.18. The molecule has 0 unspecified atom stereocenters. The Labute approximate surface area is 168 Å². The standard InChI is InChI=1S/C22H19NS3/c1-24-21(17-25-19-13-7-3-8-14-19)22(23-18-11-5-2-6-12-18)26-20-15-9-4-10-16-20/h2-17H,1H3/b21-17-,23-22?. The number of para-hydroxylation sites is 1. The lowest BCUT2D eigenvalue weighted by Gasteiger charge is -2.09. The largest absolute Gasteiger partial charge is 0.241 e. The molecule has 0 spiro atoms. The van der Waals surface area contributed by atoms with Crippen molar-refractivity contribution in [2.75, 3.05) is 6.26 Å². The SMILES string of the molecule is CS/C(=C\Sc1ccccc1)C(=Nc1ccccc1)Sc1ccccc1. The average Bonchev–Trinajstić information content (AvgIpc) is 2.71. The molecule has 0 saturated heterocycles. The molecule has 0 radical (unpaired) electrons. The molecule has 4 heteroatoms. The summed E-state index contributed by atoms with van der Waals surface area (Å²) < 4.78 is 0. The van der Waals surface area contributed by atoms with E-state index in [-0.39, 0.29) is 0 Å². The summed E-state index contributed by atoms with van der Waals surface area (Å²) in [6.07, 6.45) is 2.10. The molecule has 0 atom stereocenters. The van der Waals surface area contributed by atoms with E-state index in [1.54, 1.807) is 35.3 Å². The molecule has 3 rings (SSSR count). The molecule has 0 aromatic heterocycles. The van der Waals surface area contributed by atoms with E-state index in [4.69, 9.17) is 4.99 Å². The summed E-state index contributed by atoms with van der Waals surface area (Å²) in [5.41, 5.74) is 0.968. The maximum absolute atomic E-state index is 4.91. The van der Waals surface area contributed by atoms with E-state index in [1.807, 2.05) is 42.5 Å². The third-order valence-electron chi connectivity index (χ3n) is 3.42. The first-order valence-corrected chi connectivity index (χ1v) is 11.1. The van der Waals surface area contributed by atoms with Gasteiger partial charge in [-0.05, 0) is 48.1 Å². The van der Waals surface area contributed by atoms with Crippen LogP contribution in [0.25, 0.3) is 0 Å². The van der Waals surface area contributed by atoms with Crippen molar-refractivity contribution in [2.45, 2.75) is 9.79 Å². The van der Waals surface area contributed by atoms with Crippen molar-refractivity contribution in [1.29, 1.82) is 0 Å². The van der Waals surface area contributed by atoms with Crippen LogP contribution in [0.1, 0.15) is 0 Å². The van der Waals surface area contributed by atoms with Gasteiger partial charge in [0.1, 0.15) is 5.04 Å². The summed E-state index contributed by atoms with van der Waals surface area (Å²) in [6, 6.07) is 30.9. The number of hydrogen-bond acceptors (Lipinski definition) is 4. The minimum Gasteiger partial charge on any atom is -0.241 e. The minimum atomic E-state index is 0.968. The summed E-state index contributed by atoms with van der Waals surface area (Å²) in [5, 5.41) is 3.20. The van der Waals surface area contributed by atoms with E-state index in [1.165, 1.54) is 9.79 Å². The molecular formula is C22H19NS3. The highest BCUT2D eigenvalue weighted by molar-refractivity contribution is 8.18. The second kappa shape index (κ2) is 10.3. The topological polar surface area (TPSA) is 12.4 Å². The lowest BCUT2D eigenvalue weighted by Crippen LogP contribution is -1.94. The highest BCUT2D eigenvalue weighted by atomic mass is 32.2. The van der Waals surface area contributed by atoms with Crippen molar-refractivity contribution in [2.24, 2.45) is 4.99 Å². The van der Waals surface area contributed by atoms with Crippen LogP contribution in [0.4, 0.5) is 5.69 Å². The van der Waals surface area contributed by atoms with Gasteiger partial charge in [0, 0.05) is 14.7 Å². The van der Waals surface area contributed by atoms with E-state index < -0.39 is 0 Å². The van der Waals surface area contributed by atoms with Crippen molar-refractivity contribution >= 4 is 46.0 Å². The van der Waals surface area contributed by atoms with Gasteiger partial charge in [-0.15, -0.1) is 11.8 Å². The quantitative estimate of drug-likeness (QED) is 0.244. The summed E-state index contributed by atoms with van der Waals surface area (Å²) >= 11 is 5.15. The normalized spacial score (nSPS) is 12.2. The number of thioether (sulfide) groups is 3. The van der Waals surface area contributed by atoms with Crippen molar-refractivity contribution in [1.82, 2.24) is 0 Å². The molecular weight excluding hydrogens is 374 g/mol. The van der Waals surface area contributed by atoms with Gasteiger partial charge >= 0.3 is 0 Å². The smallest absolute Gasteiger partial charge is 0.116 e. The fourth-order valence-electron chi connectivity index (χ4n) is 2.15. The molecule has 0 N–H and O–H groups in total. The zero-order valence-corrected chi connectivity index (χ0v) is 16.9. The molecule has 0 aliphatic heterocycles. The highest BCUT2D eigenvalue weighted by Crippen LogP contribution is 2.33. The fourth-order valence-corrected chi connectivity index (χ4v) is 4.85. The fraction of sp³-hybridized carbons (Fsp3) is 0.0455. The van der Waals surface area contributed by atoms with Crippen molar-refractivity contribution in [3.8, 4) is 0 Å². The van der Waals surface area contributed by atoms with Crippen LogP contribution >= 0.6 is 35.3 Å². The molecule has 0 amide bonds. The third-order valence-corrected chi connectivity index (χ3v) is 6.36. The van der Waals surface area contributed by atoms with Crippen LogP contribution in [-0.4, -0.2) is 11.3 Å². The van der Waals surface area contributed by atoms with Gasteiger partial charge in [-0.1, -0.05) is 78.1 Å². The maximum atomic E-state index is 4.91. The van der Waals surface area contributed by atoms with Crippen molar-refractivity contribution < 1.29 is 0 Å². The first kappa shape index (κ1) is 18.9. The Morgan fingerprint density at radius 2 is 1.27 bits per heavy atom. The van der Waals surface area contributed by atoms with Gasteiger partial charge in [0.15, 0.2) is 0 Å². The average molecular weight is 394 g/mol. The summed E-state index contributed by atoms with van der Waals surface area (Å²) in [4.78, 5) is 8.49. The van der Waals surface area contributed by atoms with Crippen molar-refractivity contribution in [3.05, 3.63) is 101 Å². The van der Waals surface area contributed by atoms with Crippen LogP contribution < -0.4 is 0 Å². The lowest BCUT2D eigenvalue weighted by molar-refractivity contribution is 1.47. The number of aliphatic imine (C=N–C) groups is 1. The Morgan fingerprint density at radius 3 is 1.85 bits per heavy atom. The predicted octanol–water partition coefficient (Wildman–Crippen LogP) is 7.51. The van der Waals surface area contributed by atoms with Crippen molar-refractivity contribution in [3.63, 3.8) is 0 Å². The number of rotatable bonds is 6. The van der Waals surface area contributed by atoms with E-state index in [2.05, 4.69) is 60.2 Å². The zero-order chi connectivity index (χ0) is 18.0. The van der Waals surface area contributed by atoms with Gasteiger partial charge in [0.2, 0.25) is 0 Å². The second-order valence-corrected chi connectivity index (χ2v) is 8.14. The molecule has 0 saturated carbocycles. The van der Waals surface area contributed by atoms with Gasteiger partial charge in [-0.25, -0.2) is 4.99 Å². The summed E-state index contributed by atoms with van der Waals surface area (Å²) in [6.45, 7) is 0. The van der Waals surface area contributed by atoms with Crippen LogP contribution in [-0.2, 0) is 0 Å². The van der Waals surface area contributed by atoms with Crippen LogP contribution in [0.3, 0.4) is 0 Å². The molecule has 130 valence electrons. The third kappa shape index (κ3) is 5.84. The van der Waals surface area contributed by atoms with Gasteiger partial charge in [0.25, 0.3) is 0 Å². The Bertz CT molecular complexity index is 860. The van der Waals surface area contributed by atoms with Crippen LogP contribution in [0, 0.1) is 0 Å². The molecule has 3 aromatic rings. The van der Waals surface area contributed by atoms with Gasteiger partial charge in [0.05, 0.1) is 5.69 Å². The zero-order valence-electron chi connectivity index (χ0n) is 14.4. The monoisotopic (exact) mass is 393 g/mol. The van der Waals surface area contributed by atoms with Gasteiger partial charge in [-0.3, -0.25) is 0 Å². The number of nitrogens with zero attached hydrogens (tertiary/aromatic N) is 1. The number of hydrogen-bond donors (Lipinski definition) is 0. The maximum Gasteiger partial charge on any atom is 0.116 e. The Kier molecular flexibility index (Phi) is 7.50. The molecule has 0 fully saturated rings. The Balaban J connectivity index is 1.91. The lowest BCUT2D eigenvalue weighted by atomic mass is 10.3.